The molecule has 7 heteroatoms. The van der Waals surface area contributed by atoms with Crippen LogP contribution < -0.4 is 0 Å². The maximum absolute atomic E-state index is 12.6. The van der Waals surface area contributed by atoms with Crippen LogP contribution in [0.3, 0.4) is 0 Å². The van der Waals surface area contributed by atoms with E-state index in [0.29, 0.717) is 12.3 Å². The highest BCUT2D eigenvalue weighted by molar-refractivity contribution is 9.10. The highest BCUT2D eigenvalue weighted by atomic mass is 79.9. The maximum Gasteiger partial charge on any atom is 0.330 e. The predicted octanol–water partition coefficient (Wildman–Crippen LogP) is 4.45. The van der Waals surface area contributed by atoms with Gasteiger partial charge in [0, 0.05) is 16.5 Å². The van der Waals surface area contributed by atoms with Crippen molar-refractivity contribution in [1.82, 2.24) is 9.78 Å². The molecule has 2 unspecified atom stereocenters. The Balaban J connectivity index is 2.08. The summed E-state index contributed by atoms with van der Waals surface area (Å²) in [6, 6.07) is 7.79. The Kier molecular flexibility index (Phi) is 5.35. The first kappa shape index (κ1) is 18.9. The number of carbonyl (C=O) groups is 1. The maximum atomic E-state index is 12.6. The van der Waals surface area contributed by atoms with Gasteiger partial charge < -0.3 is 9.47 Å². The van der Waals surface area contributed by atoms with Gasteiger partial charge in [0.1, 0.15) is 5.60 Å². The molecule has 138 valence electrons. The molecule has 2 aromatic rings. The summed E-state index contributed by atoms with van der Waals surface area (Å²) in [4.78, 5) is 12.6. The van der Waals surface area contributed by atoms with Gasteiger partial charge in [-0.05, 0) is 58.2 Å². The minimum atomic E-state index is -1.09. The summed E-state index contributed by atoms with van der Waals surface area (Å²) in [5, 5.41) is 15.0. The molecule has 0 N–H and O–H groups in total. The number of hydrogen-bond acceptors (Lipinski definition) is 5. The number of esters is 1. The van der Waals surface area contributed by atoms with Gasteiger partial charge in [-0.2, -0.15) is 10.4 Å². The number of ether oxygens (including phenoxy) is 2. The van der Waals surface area contributed by atoms with E-state index in [1.54, 1.807) is 25.5 Å². The van der Waals surface area contributed by atoms with Crippen molar-refractivity contribution in [3.63, 3.8) is 0 Å². The fourth-order valence-corrected chi connectivity index (χ4v) is 3.43. The second-order valence-corrected chi connectivity index (χ2v) is 8.32. The molecule has 1 saturated heterocycles. The largest absolute Gasteiger partial charge is 0.459 e. The smallest absolute Gasteiger partial charge is 0.330 e. The lowest BCUT2D eigenvalue weighted by atomic mass is 10.0. The molecule has 0 radical (unpaired) electrons. The topological polar surface area (TPSA) is 77.1 Å². The highest BCUT2D eigenvalue weighted by Crippen LogP contribution is 2.33. The van der Waals surface area contributed by atoms with Gasteiger partial charge in [-0.3, -0.25) is 4.79 Å². The Bertz CT molecular complexity index is 857. The van der Waals surface area contributed by atoms with Gasteiger partial charge in [0.05, 0.1) is 17.3 Å². The Morgan fingerprint density at radius 3 is 2.85 bits per heavy atom. The van der Waals surface area contributed by atoms with Crippen molar-refractivity contribution in [2.24, 2.45) is 0 Å². The Labute approximate surface area is 161 Å². The molecule has 1 aliphatic rings. The van der Waals surface area contributed by atoms with Crippen molar-refractivity contribution in [2.75, 3.05) is 6.61 Å². The van der Waals surface area contributed by atoms with Crippen LogP contribution in [0.4, 0.5) is 0 Å². The molecule has 2 atom stereocenters. The highest BCUT2D eigenvalue weighted by Gasteiger charge is 2.32. The summed E-state index contributed by atoms with van der Waals surface area (Å²) >= 11 is 3.46. The van der Waals surface area contributed by atoms with Gasteiger partial charge in [-0.25, -0.2) is 4.68 Å². The van der Waals surface area contributed by atoms with Crippen LogP contribution in [0.2, 0.25) is 0 Å². The lowest BCUT2D eigenvalue weighted by Crippen LogP contribution is -2.27. The van der Waals surface area contributed by atoms with Gasteiger partial charge in [-0.15, -0.1) is 0 Å². The molecular weight excluding hydrogens is 398 g/mol. The van der Waals surface area contributed by atoms with E-state index >= 15 is 0 Å². The van der Waals surface area contributed by atoms with Crippen molar-refractivity contribution in [3.8, 4) is 6.07 Å². The third kappa shape index (κ3) is 3.92. The van der Waals surface area contributed by atoms with E-state index in [9.17, 15) is 10.1 Å². The zero-order chi connectivity index (χ0) is 18.9. The second kappa shape index (κ2) is 7.37. The van der Waals surface area contributed by atoms with Gasteiger partial charge in [-0.1, -0.05) is 15.9 Å². The Morgan fingerprint density at radius 1 is 1.46 bits per heavy atom. The molecule has 6 nitrogen and oxygen atoms in total. The van der Waals surface area contributed by atoms with Crippen LogP contribution in [0, 0.1) is 11.3 Å². The monoisotopic (exact) mass is 419 g/mol. The molecule has 0 spiro atoms. The third-order valence-electron chi connectivity index (χ3n) is 4.17. The molecule has 26 heavy (non-hydrogen) atoms. The minimum Gasteiger partial charge on any atom is -0.459 e. The van der Waals surface area contributed by atoms with Crippen LogP contribution in [0.5, 0.6) is 0 Å². The predicted molar refractivity (Wildman–Crippen MR) is 100 cm³/mol. The van der Waals surface area contributed by atoms with E-state index in [1.807, 2.05) is 18.2 Å². The lowest BCUT2D eigenvalue weighted by molar-refractivity contribution is -0.155. The number of halogens is 1. The van der Waals surface area contributed by atoms with Gasteiger partial charge in [0.2, 0.25) is 0 Å². The molecule has 1 aromatic heterocycles. The van der Waals surface area contributed by atoms with Crippen LogP contribution in [-0.4, -0.2) is 28.0 Å². The van der Waals surface area contributed by atoms with E-state index < -0.39 is 17.5 Å². The molecule has 1 fully saturated rings. The number of nitriles is 1. The number of carbonyl (C=O) groups excluding carboxylic acids is 1. The average Bonchev–Trinajstić information content (AvgIpc) is 2.93. The fourth-order valence-electron chi connectivity index (χ4n) is 3.07. The van der Waals surface area contributed by atoms with Crippen LogP contribution >= 0.6 is 15.9 Å². The van der Waals surface area contributed by atoms with E-state index in [2.05, 4.69) is 27.1 Å². The van der Waals surface area contributed by atoms with Crippen LogP contribution in [-0.2, 0) is 14.3 Å². The molecule has 1 aromatic carbocycles. The molecule has 1 aliphatic heterocycles. The summed E-state index contributed by atoms with van der Waals surface area (Å²) in [5.74, 6) is -1.67. The van der Waals surface area contributed by atoms with Gasteiger partial charge in [0.25, 0.3) is 0 Å². The summed E-state index contributed by atoms with van der Waals surface area (Å²) in [6.45, 7) is 6.03. The first-order chi connectivity index (χ1) is 12.3. The Morgan fingerprint density at radius 2 is 2.23 bits per heavy atom. The van der Waals surface area contributed by atoms with Gasteiger partial charge >= 0.3 is 5.97 Å². The van der Waals surface area contributed by atoms with Crippen molar-refractivity contribution in [1.29, 1.82) is 5.26 Å². The number of aromatic nitrogens is 2. The zero-order valence-corrected chi connectivity index (χ0v) is 16.7. The summed E-state index contributed by atoms with van der Waals surface area (Å²) in [5.41, 5.74) is 0.587. The summed E-state index contributed by atoms with van der Waals surface area (Å²) in [7, 11) is 0. The van der Waals surface area contributed by atoms with Crippen LogP contribution in [0.1, 0.15) is 57.9 Å². The summed E-state index contributed by atoms with van der Waals surface area (Å²) in [6.07, 6.45) is 2.77. The van der Waals surface area contributed by atoms with E-state index in [1.165, 1.54) is 0 Å². The number of fused-ring (bicyclic) bond motifs is 1. The fraction of sp³-hybridized carbons (Fsp3) is 0.526. The van der Waals surface area contributed by atoms with Gasteiger partial charge in [0.15, 0.2) is 12.1 Å². The average molecular weight is 420 g/mol. The third-order valence-corrected chi connectivity index (χ3v) is 4.66. The molecule has 0 amide bonds. The molecule has 2 heterocycles. The van der Waals surface area contributed by atoms with Crippen LogP contribution in [0.15, 0.2) is 22.7 Å². The molecule has 0 saturated carbocycles. The Hall–Kier alpha value is -1.91. The van der Waals surface area contributed by atoms with Crippen molar-refractivity contribution < 1.29 is 14.3 Å². The lowest BCUT2D eigenvalue weighted by Gasteiger charge is -2.23. The zero-order valence-electron chi connectivity index (χ0n) is 15.2. The molecule has 0 bridgehead atoms. The van der Waals surface area contributed by atoms with E-state index in [-0.39, 0.29) is 6.23 Å². The first-order valence-corrected chi connectivity index (χ1v) is 9.51. The first-order valence-electron chi connectivity index (χ1n) is 8.72. The standard InChI is InChI=1S/C19H22BrN3O3/c1-19(2,3)26-18(24)14(11-21)17-13-10-12(20)7-8-15(13)23(22-17)16-6-4-5-9-25-16/h7-8,10,14,16H,4-6,9H2,1-3H3. The second-order valence-electron chi connectivity index (χ2n) is 7.41. The van der Waals surface area contributed by atoms with E-state index in [0.717, 1.165) is 34.6 Å². The van der Waals surface area contributed by atoms with Crippen molar-refractivity contribution in [3.05, 3.63) is 28.4 Å². The minimum absolute atomic E-state index is 0.181. The van der Waals surface area contributed by atoms with Crippen molar-refractivity contribution in [2.45, 2.75) is 57.8 Å². The van der Waals surface area contributed by atoms with Crippen LogP contribution in [0.25, 0.3) is 10.9 Å². The molecular formula is C19H22BrN3O3. The summed E-state index contributed by atoms with van der Waals surface area (Å²) < 4.78 is 13.9. The number of hydrogen-bond donors (Lipinski definition) is 0. The number of nitrogens with zero attached hydrogens (tertiary/aromatic N) is 3. The van der Waals surface area contributed by atoms with E-state index in [4.69, 9.17) is 9.47 Å². The number of rotatable bonds is 3. The number of benzene rings is 1. The SMILES string of the molecule is CC(C)(C)OC(=O)C(C#N)c1nn(C2CCCCO2)c2ccc(Br)cc12. The van der Waals surface area contributed by atoms with Crippen molar-refractivity contribution >= 4 is 32.8 Å². The molecule has 3 rings (SSSR count). The molecule has 0 aliphatic carbocycles. The quantitative estimate of drug-likeness (QED) is 0.686. The normalized spacial score (nSPS) is 19.1.